The molecule has 4 N–H and O–H groups in total. The molecule has 0 radical (unpaired) electrons. The van der Waals surface area contributed by atoms with Crippen molar-refractivity contribution in [1.82, 2.24) is 15.5 Å². The molecule has 3 amide bonds. The van der Waals surface area contributed by atoms with E-state index in [2.05, 4.69) is 10.6 Å². The van der Waals surface area contributed by atoms with Gasteiger partial charge in [0.15, 0.2) is 0 Å². The standard InChI is InChI=1S/C21H32N4O4/c1-15(2)11-18(20(27)24-13-19(22)26)23-12-17-9-6-10-25(17)21(28)29-14-16-7-4-3-5-8-16/h3-5,7-8,15,17-18,23H,6,9-14H2,1-2H3,(H2,22,26)(H,24,27)/t17-,18+/m1/s1. The maximum absolute atomic E-state index is 12.5. The molecule has 0 saturated carbocycles. The summed E-state index contributed by atoms with van der Waals surface area (Å²) >= 11 is 0. The molecule has 29 heavy (non-hydrogen) atoms. The first-order valence-electron chi connectivity index (χ1n) is 10.1. The van der Waals surface area contributed by atoms with E-state index in [1.54, 1.807) is 4.90 Å². The van der Waals surface area contributed by atoms with E-state index in [1.807, 2.05) is 44.2 Å². The Hall–Kier alpha value is -2.61. The summed E-state index contributed by atoms with van der Waals surface area (Å²) in [5.41, 5.74) is 6.05. The molecule has 1 aromatic carbocycles. The second-order valence-electron chi connectivity index (χ2n) is 7.80. The van der Waals surface area contributed by atoms with Gasteiger partial charge in [-0.15, -0.1) is 0 Å². The number of benzene rings is 1. The fourth-order valence-corrected chi connectivity index (χ4v) is 3.42. The minimum atomic E-state index is -0.579. The molecule has 0 aliphatic carbocycles. The summed E-state index contributed by atoms with van der Waals surface area (Å²) in [6.45, 7) is 5.24. The maximum Gasteiger partial charge on any atom is 0.410 e. The molecule has 160 valence electrons. The Kier molecular flexibility index (Phi) is 8.92. The van der Waals surface area contributed by atoms with Gasteiger partial charge in [0.2, 0.25) is 11.8 Å². The fourth-order valence-electron chi connectivity index (χ4n) is 3.42. The van der Waals surface area contributed by atoms with Crippen LogP contribution in [0.25, 0.3) is 0 Å². The van der Waals surface area contributed by atoms with Crippen LogP contribution in [0.3, 0.4) is 0 Å². The molecule has 1 aliphatic rings. The highest BCUT2D eigenvalue weighted by atomic mass is 16.6. The highest BCUT2D eigenvalue weighted by Gasteiger charge is 2.31. The molecule has 0 bridgehead atoms. The fraction of sp³-hybridized carbons (Fsp3) is 0.571. The molecule has 0 spiro atoms. The lowest BCUT2D eigenvalue weighted by atomic mass is 10.0. The van der Waals surface area contributed by atoms with Gasteiger partial charge in [-0.2, -0.15) is 0 Å². The highest BCUT2D eigenvalue weighted by Crippen LogP contribution is 2.19. The average Bonchev–Trinajstić information content (AvgIpc) is 3.16. The SMILES string of the molecule is CC(C)C[C@H](NC[C@H]1CCCN1C(=O)OCc1ccccc1)C(=O)NCC(N)=O. The molecule has 1 saturated heterocycles. The van der Waals surface area contributed by atoms with Gasteiger partial charge in [-0.05, 0) is 30.7 Å². The number of likely N-dealkylation sites (tertiary alicyclic amines) is 1. The minimum Gasteiger partial charge on any atom is -0.445 e. The summed E-state index contributed by atoms with van der Waals surface area (Å²) < 4.78 is 5.45. The van der Waals surface area contributed by atoms with Crippen LogP contribution in [0.5, 0.6) is 0 Å². The third-order valence-corrected chi connectivity index (χ3v) is 4.88. The number of carbonyl (C=O) groups excluding carboxylic acids is 3. The van der Waals surface area contributed by atoms with E-state index >= 15 is 0 Å². The lowest BCUT2D eigenvalue weighted by Crippen LogP contribution is -2.51. The van der Waals surface area contributed by atoms with Crippen molar-refractivity contribution in [3.8, 4) is 0 Å². The summed E-state index contributed by atoms with van der Waals surface area (Å²) in [7, 11) is 0. The third-order valence-electron chi connectivity index (χ3n) is 4.88. The third kappa shape index (κ3) is 7.73. The van der Waals surface area contributed by atoms with Gasteiger partial charge in [-0.1, -0.05) is 44.2 Å². The molecule has 0 unspecified atom stereocenters. The van der Waals surface area contributed by atoms with E-state index in [9.17, 15) is 14.4 Å². The van der Waals surface area contributed by atoms with Crippen molar-refractivity contribution in [3.05, 3.63) is 35.9 Å². The molecule has 1 fully saturated rings. The number of primary amides is 1. The summed E-state index contributed by atoms with van der Waals surface area (Å²) in [6, 6.07) is 9.08. The first-order valence-corrected chi connectivity index (χ1v) is 10.1. The molecule has 0 aromatic heterocycles. The lowest BCUT2D eigenvalue weighted by molar-refractivity contribution is -0.126. The van der Waals surface area contributed by atoms with Crippen molar-refractivity contribution in [3.63, 3.8) is 0 Å². The summed E-state index contributed by atoms with van der Waals surface area (Å²) in [5.74, 6) is -0.541. The van der Waals surface area contributed by atoms with E-state index in [4.69, 9.17) is 10.5 Å². The zero-order valence-corrected chi connectivity index (χ0v) is 17.2. The highest BCUT2D eigenvalue weighted by molar-refractivity contribution is 5.86. The number of carbonyl (C=O) groups is 3. The summed E-state index contributed by atoms with van der Waals surface area (Å²) in [4.78, 5) is 37.5. The van der Waals surface area contributed by atoms with Crippen molar-refractivity contribution in [2.45, 2.75) is 51.8 Å². The first-order chi connectivity index (χ1) is 13.9. The van der Waals surface area contributed by atoms with Gasteiger partial charge in [0.25, 0.3) is 0 Å². The van der Waals surface area contributed by atoms with Crippen molar-refractivity contribution in [1.29, 1.82) is 0 Å². The van der Waals surface area contributed by atoms with Crippen LogP contribution in [-0.4, -0.2) is 54.5 Å². The number of hydrogen-bond donors (Lipinski definition) is 3. The van der Waals surface area contributed by atoms with Gasteiger partial charge in [-0.25, -0.2) is 4.79 Å². The molecule has 2 atom stereocenters. The quantitative estimate of drug-likeness (QED) is 0.545. The van der Waals surface area contributed by atoms with Crippen LogP contribution in [0, 0.1) is 5.92 Å². The van der Waals surface area contributed by atoms with E-state index in [0.29, 0.717) is 25.4 Å². The Morgan fingerprint density at radius 3 is 2.62 bits per heavy atom. The van der Waals surface area contributed by atoms with E-state index in [1.165, 1.54) is 0 Å². The molecule has 1 aliphatic heterocycles. The number of rotatable bonds is 10. The van der Waals surface area contributed by atoms with Gasteiger partial charge < -0.3 is 26.0 Å². The zero-order chi connectivity index (χ0) is 21.2. The number of amides is 3. The molecule has 8 heteroatoms. The van der Waals surface area contributed by atoms with Crippen LogP contribution in [-0.2, 0) is 20.9 Å². The maximum atomic E-state index is 12.5. The molecule has 1 aromatic rings. The Labute approximate surface area is 172 Å². The van der Waals surface area contributed by atoms with Crippen LogP contribution in [0.4, 0.5) is 4.79 Å². The lowest BCUT2D eigenvalue weighted by Gasteiger charge is -2.27. The van der Waals surface area contributed by atoms with E-state index in [-0.39, 0.29) is 31.2 Å². The summed E-state index contributed by atoms with van der Waals surface area (Å²) in [5, 5.41) is 5.82. The van der Waals surface area contributed by atoms with Crippen LogP contribution >= 0.6 is 0 Å². The number of ether oxygens (including phenoxy) is 1. The van der Waals surface area contributed by atoms with E-state index in [0.717, 1.165) is 18.4 Å². The molecule has 8 nitrogen and oxygen atoms in total. The predicted molar refractivity (Wildman–Crippen MR) is 110 cm³/mol. The Morgan fingerprint density at radius 1 is 1.24 bits per heavy atom. The number of hydrogen-bond acceptors (Lipinski definition) is 5. The van der Waals surface area contributed by atoms with Crippen LogP contribution in [0.15, 0.2) is 30.3 Å². The molecule has 1 heterocycles. The molecular formula is C21H32N4O4. The first kappa shape index (κ1) is 22.7. The van der Waals surface area contributed by atoms with Crippen molar-refractivity contribution < 1.29 is 19.1 Å². The Bertz CT molecular complexity index is 681. The average molecular weight is 405 g/mol. The minimum absolute atomic E-state index is 0.0307. The van der Waals surface area contributed by atoms with Crippen molar-refractivity contribution in [2.24, 2.45) is 11.7 Å². The largest absolute Gasteiger partial charge is 0.445 e. The van der Waals surface area contributed by atoms with Crippen LogP contribution in [0.1, 0.15) is 38.7 Å². The smallest absolute Gasteiger partial charge is 0.410 e. The van der Waals surface area contributed by atoms with Gasteiger partial charge in [0.1, 0.15) is 6.61 Å². The van der Waals surface area contributed by atoms with E-state index < -0.39 is 11.9 Å². The van der Waals surface area contributed by atoms with Gasteiger partial charge in [0.05, 0.1) is 12.6 Å². The summed E-state index contributed by atoms with van der Waals surface area (Å²) in [6.07, 6.45) is 2.03. The van der Waals surface area contributed by atoms with Gasteiger partial charge in [-0.3, -0.25) is 9.59 Å². The predicted octanol–water partition coefficient (Wildman–Crippen LogP) is 1.39. The molecular weight excluding hydrogens is 372 g/mol. The van der Waals surface area contributed by atoms with Crippen LogP contribution < -0.4 is 16.4 Å². The Morgan fingerprint density at radius 2 is 1.97 bits per heavy atom. The number of nitrogens with one attached hydrogen (secondary N) is 2. The van der Waals surface area contributed by atoms with Crippen molar-refractivity contribution in [2.75, 3.05) is 19.6 Å². The van der Waals surface area contributed by atoms with Gasteiger partial charge in [0, 0.05) is 19.1 Å². The monoisotopic (exact) mass is 404 g/mol. The number of nitrogens with two attached hydrogens (primary N) is 1. The molecule has 2 rings (SSSR count). The second-order valence-corrected chi connectivity index (χ2v) is 7.80. The Balaban J connectivity index is 1.87. The number of nitrogens with zero attached hydrogens (tertiary/aromatic N) is 1. The normalized spacial score (nSPS) is 17.2. The van der Waals surface area contributed by atoms with Crippen molar-refractivity contribution >= 4 is 17.9 Å². The van der Waals surface area contributed by atoms with Crippen LogP contribution in [0.2, 0.25) is 0 Å². The topological polar surface area (TPSA) is 114 Å². The van der Waals surface area contributed by atoms with Gasteiger partial charge >= 0.3 is 6.09 Å². The second kappa shape index (κ2) is 11.4. The zero-order valence-electron chi connectivity index (χ0n) is 17.2.